The van der Waals surface area contributed by atoms with E-state index in [-0.39, 0.29) is 36.5 Å². The van der Waals surface area contributed by atoms with Crippen molar-refractivity contribution in [1.29, 1.82) is 0 Å². The Balaban J connectivity index is 1.31. The maximum atomic E-state index is 13.4. The van der Waals surface area contributed by atoms with Gasteiger partial charge in [0.25, 0.3) is 5.91 Å². The van der Waals surface area contributed by atoms with Crippen LogP contribution in [-0.4, -0.2) is 38.1 Å². The van der Waals surface area contributed by atoms with Crippen molar-refractivity contribution in [1.82, 2.24) is 10.6 Å². The maximum Gasteiger partial charge on any atom is 0.416 e. The number of nitrogens with one attached hydrogen (secondary N) is 2. The number of anilines is 2. The lowest BCUT2D eigenvalue weighted by molar-refractivity contribution is -0.137. The second kappa shape index (κ2) is 12.5. The molecule has 3 N–H and O–H groups in total. The third-order valence-electron chi connectivity index (χ3n) is 6.86. The first kappa shape index (κ1) is 30.1. The van der Waals surface area contributed by atoms with E-state index in [0.29, 0.717) is 11.3 Å². The summed E-state index contributed by atoms with van der Waals surface area (Å²) < 4.78 is 70.8. The van der Waals surface area contributed by atoms with E-state index in [1.807, 2.05) is 30.3 Å². The molecule has 0 bridgehead atoms. The van der Waals surface area contributed by atoms with Crippen LogP contribution in [0.25, 0.3) is 0 Å². The number of aliphatic hydroxyl groups is 1. The molecule has 0 saturated carbocycles. The average Bonchev–Trinajstić information content (AvgIpc) is 3.26. The van der Waals surface area contributed by atoms with E-state index in [2.05, 4.69) is 10.6 Å². The molecular formula is C31H28F3N3O5S. The molecule has 8 nitrogen and oxygen atoms in total. The molecule has 0 radical (unpaired) electrons. The van der Waals surface area contributed by atoms with Gasteiger partial charge in [0.15, 0.2) is 5.75 Å². The first-order valence-corrected chi connectivity index (χ1v) is 14.7. The Morgan fingerprint density at radius 3 is 2.35 bits per heavy atom. The lowest BCUT2D eigenvalue weighted by Crippen LogP contribution is -2.48. The van der Waals surface area contributed by atoms with Crippen LogP contribution in [0.5, 0.6) is 5.75 Å². The second-order valence-electron chi connectivity index (χ2n) is 9.99. The Labute approximate surface area is 247 Å². The third kappa shape index (κ3) is 7.16. The van der Waals surface area contributed by atoms with Gasteiger partial charge in [0.05, 0.1) is 23.4 Å². The summed E-state index contributed by atoms with van der Waals surface area (Å²) in [6.07, 6.45) is -5.31. The van der Waals surface area contributed by atoms with Crippen molar-refractivity contribution in [2.75, 3.05) is 10.8 Å². The van der Waals surface area contributed by atoms with Crippen LogP contribution >= 0.6 is 0 Å². The number of aliphatic hydroxyl groups excluding tert-OH is 1. The van der Waals surface area contributed by atoms with Crippen molar-refractivity contribution in [2.45, 2.75) is 31.3 Å². The zero-order valence-corrected chi connectivity index (χ0v) is 23.5. The molecule has 0 aromatic heterocycles. The number of nitrogens with zero attached hydrogens (tertiary/aromatic N) is 1. The van der Waals surface area contributed by atoms with Crippen molar-refractivity contribution in [3.63, 3.8) is 0 Å². The van der Waals surface area contributed by atoms with Gasteiger partial charge < -0.3 is 19.9 Å². The summed E-state index contributed by atoms with van der Waals surface area (Å²) in [6, 6.07) is 25.7. The number of hydrogen-bond acceptors (Lipinski definition) is 6. The molecule has 43 heavy (non-hydrogen) atoms. The SMILES string of the molecule is O=C(N[C@@H](Cc1ccccc1)[C@H](O)CNCc1cccc(C(F)(F)F)c1)c1cccc(N2c3ccccc3OS2(=O)=O)c1. The predicted octanol–water partition coefficient (Wildman–Crippen LogP) is 4.97. The van der Waals surface area contributed by atoms with E-state index < -0.39 is 40.1 Å². The minimum Gasteiger partial charge on any atom is -0.390 e. The van der Waals surface area contributed by atoms with Crippen LogP contribution in [0, 0.1) is 0 Å². The highest BCUT2D eigenvalue weighted by molar-refractivity contribution is 7.89. The van der Waals surface area contributed by atoms with E-state index in [4.69, 9.17) is 4.18 Å². The number of halogens is 3. The summed E-state index contributed by atoms with van der Waals surface area (Å²) in [5.74, 6) is -0.383. The normalized spacial score (nSPS) is 15.3. The van der Waals surface area contributed by atoms with Crippen LogP contribution in [0.15, 0.2) is 103 Å². The van der Waals surface area contributed by atoms with Crippen molar-refractivity contribution in [3.05, 3.63) is 125 Å². The van der Waals surface area contributed by atoms with Crippen LogP contribution in [-0.2, 0) is 29.4 Å². The smallest absolute Gasteiger partial charge is 0.390 e. The van der Waals surface area contributed by atoms with Crippen molar-refractivity contribution >= 4 is 27.6 Å². The maximum absolute atomic E-state index is 13.4. The van der Waals surface area contributed by atoms with Gasteiger partial charge in [0, 0.05) is 18.7 Å². The molecule has 0 aliphatic carbocycles. The lowest BCUT2D eigenvalue weighted by atomic mass is 10.00. The molecule has 1 amide bonds. The zero-order valence-electron chi connectivity index (χ0n) is 22.7. The molecule has 224 valence electrons. The highest BCUT2D eigenvalue weighted by atomic mass is 32.2. The van der Waals surface area contributed by atoms with E-state index >= 15 is 0 Å². The molecular weight excluding hydrogens is 583 g/mol. The number of amides is 1. The van der Waals surface area contributed by atoms with E-state index in [1.165, 1.54) is 30.3 Å². The number of para-hydroxylation sites is 2. The number of carbonyl (C=O) groups excluding carboxylic acids is 1. The highest BCUT2D eigenvalue weighted by Crippen LogP contribution is 2.43. The number of hydrogen-bond donors (Lipinski definition) is 3. The number of alkyl halides is 3. The predicted molar refractivity (Wildman–Crippen MR) is 155 cm³/mol. The first-order valence-electron chi connectivity index (χ1n) is 13.3. The average molecular weight is 612 g/mol. The largest absolute Gasteiger partial charge is 0.416 e. The van der Waals surface area contributed by atoms with Crippen LogP contribution < -0.4 is 19.1 Å². The fourth-order valence-corrected chi connectivity index (χ4v) is 5.98. The van der Waals surface area contributed by atoms with Crippen molar-refractivity contribution < 1.29 is 35.7 Å². The molecule has 0 saturated heterocycles. The van der Waals surface area contributed by atoms with Crippen LogP contribution in [0.4, 0.5) is 24.5 Å². The van der Waals surface area contributed by atoms with Gasteiger partial charge in [0.1, 0.15) is 5.69 Å². The van der Waals surface area contributed by atoms with Crippen LogP contribution in [0.3, 0.4) is 0 Å². The van der Waals surface area contributed by atoms with Gasteiger partial charge in [-0.3, -0.25) is 4.79 Å². The quantitative estimate of drug-likeness (QED) is 0.234. The summed E-state index contributed by atoms with van der Waals surface area (Å²) in [4.78, 5) is 13.4. The second-order valence-corrected chi connectivity index (χ2v) is 11.4. The monoisotopic (exact) mass is 611 g/mol. The van der Waals surface area contributed by atoms with E-state index in [0.717, 1.165) is 22.0 Å². The Morgan fingerprint density at radius 1 is 0.884 bits per heavy atom. The molecule has 12 heteroatoms. The molecule has 0 unspecified atom stereocenters. The van der Waals surface area contributed by atoms with Crippen molar-refractivity contribution in [3.8, 4) is 5.75 Å². The van der Waals surface area contributed by atoms with Crippen LogP contribution in [0.2, 0.25) is 0 Å². The molecule has 5 rings (SSSR count). The fraction of sp³-hybridized carbons (Fsp3) is 0.194. The van der Waals surface area contributed by atoms with Gasteiger partial charge >= 0.3 is 16.5 Å². The molecule has 1 aliphatic rings. The molecule has 1 aliphatic heterocycles. The minimum atomic E-state index is -4.47. The molecule has 1 heterocycles. The van der Waals surface area contributed by atoms with E-state index in [1.54, 1.807) is 30.3 Å². The number of rotatable bonds is 10. The summed E-state index contributed by atoms with van der Waals surface area (Å²) in [5.41, 5.74) is 1.13. The Kier molecular flexibility index (Phi) is 8.71. The number of fused-ring (bicyclic) bond motifs is 1. The Bertz CT molecular complexity index is 1700. The topological polar surface area (TPSA) is 108 Å². The first-order chi connectivity index (χ1) is 20.5. The van der Waals surface area contributed by atoms with Gasteiger partial charge in [-0.15, -0.1) is 0 Å². The third-order valence-corrected chi connectivity index (χ3v) is 8.11. The number of carbonyl (C=O) groups is 1. The fourth-order valence-electron chi connectivity index (χ4n) is 4.78. The zero-order chi connectivity index (χ0) is 30.6. The Hall–Kier alpha value is -4.39. The standard InChI is InChI=1S/C31H28F3N3O5S/c32-31(33,34)24-12-6-10-22(16-24)19-35-20-28(38)26(17-21-8-2-1-3-9-21)36-30(39)23-11-7-13-25(18-23)37-27-14-4-5-15-29(27)42-43(37,40)41/h1-16,18,26,28,35,38H,17,19-20H2,(H,36,39)/t26-,28+/m0/s1. The van der Waals surface area contributed by atoms with Gasteiger partial charge in [-0.05, 0) is 53.9 Å². The number of benzene rings is 4. The van der Waals surface area contributed by atoms with Crippen LogP contribution in [0.1, 0.15) is 27.0 Å². The minimum absolute atomic E-state index is 0.0196. The molecule has 0 fully saturated rings. The van der Waals surface area contributed by atoms with Gasteiger partial charge in [0.2, 0.25) is 0 Å². The summed E-state index contributed by atoms with van der Waals surface area (Å²) in [7, 11) is -4.17. The molecule has 4 aromatic rings. The molecule has 0 spiro atoms. The van der Waals surface area contributed by atoms with Gasteiger partial charge in [-0.1, -0.05) is 66.7 Å². The summed E-state index contributed by atoms with van der Waals surface area (Å²) >= 11 is 0. The highest BCUT2D eigenvalue weighted by Gasteiger charge is 2.37. The lowest BCUT2D eigenvalue weighted by Gasteiger charge is -2.25. The molecule has 4 aromatic carbocycles. The van der Waals surface area contributed by atoms with Gasteiger partial charge in [-0.2, -0.15) is 21.6 Å². The van der Waals surface area contributed by atoms with Gasteiger partial charge in [-0.25, -0.2) is 4.31 Å². The van der Waals surface area contributed by atoms with E-state index in [9.17, 15) is 31.5 Å². The summed E-state index contributed by atoms with van der Waals surface area (Å²) in [5, 5.41) is 16.9. The molecule has 2 atom stereocenters. The summed E-state index contributed by atoms with van der Waals surface area (Å²) in [6.45, 7) is 0.0527. The Morgan fingerprint density at radius 2 is 1.58 bits per heavy atom. The van der Waals surface area contributed by atoms with Crippen molar-refractivity contribution in [2.24, 2.45) is 0 Å².